The summed E-state index contributed by atoms with van der Waals surface area (Å²) in [5, 5.41) is 2.95. The Bertz CT molecular complexity index is 728. The molecule has 0 bridgehead atoms. The van der Waals surface area contributed by atoms with Crippen LogP contribution in [0.2, 0.25) is 0 Å². The maximum Gasteiger partial charge on any atom is 0.241 e. The first-order valence-electron chi connectivity index (χ1n) is 8.58. The SMILES string of the molecule is CC(C)(C)c1ccc(CC2Cc3ccccc3NC(=O)C2N)cc1. The van der Waals surface area contributed by atoms with Gasteiger partial charge in [-0.15, -0.1) is 0 Å². The van der Waals surface area contributed by atoms with Crippen LogP contribution in [0.25, 0.3) is 0 Å². The number of fused-ring (bicyclic) bond motifs is 1. The normalized spacial score (nSPS) is 20.9. The minimum Gasteiger partial charge on any atom is -0.324 e. The summed E-state index contributed by atoms with van der Waals surface area (Å²) in [4.78, 5) is 12.3. The quantitative estimate of drug-likeness (QED) is 0.886. The second-order valence-corrected chi connectivity index (χ2v) is 7.79. The van der Waals surface area contributed by atoms with E-state index in [9.17, 15) is 4.79 Å². The predicted octanol–water partition coefficient (Wildman–Crippen LogP) is 3.66. The predicted molar refractivity (Wildman–Crippen MR) is 99.1 cm³/mol. The number of para-hydroxylation sites is 1. The van der Waals surface area contributed by atoms with Gasteiger partial charge in [0.1, 0.15) is 0 Å². The lowest BCUT2D eigenvalue weighted by atomic mass is 9.84. The lowest BCUT2D eigenvalue weighted by molar-refractivity contribution is -0.118. The Labute approximate surface area is 144 Å². The Hall–Kier alpha value is -2.13. The van der Waals surface area contributed by atoms with Crippen LogP contribution in [-0.2, 0) is 23.1 Å². The van der Waals surface area contributed by atoms with Gasteiger partial charge in [-0.1, -0.05) is 63.2 Å². The van der Waals surface area contributed by atoms with Crippen molar-refractivity contribution in [3.63, 3.8) is 0 Å². The van der Waals surface area contributed by atoms with Crippen molar-refractivity contribution in [2.45, 2.75) is 45.1 Å². The molecule has 3 nitrogen and oxygen atoms in total. The summed E-state index contributed by atoms with van der Waals surface area (Å²) in [6.07, 6.45) is 1.63. The summed E-state index contributed by atoms with van der Waals surface area (Å²) < 4.78 is 0. The molecule has 3 rings (SSSR count). The van der Waals surface area contributed by atoms with E-state index in [1.807, 2.05) is 18.2 Å². The highest BCUT2D eigenvalue weighted by molar-refractivity contribution is 5.96. The molecule has 0 saturated carbocycles. The third kappa shape index (κ3) is 3.51. The highest BCUT2D eigenvalue weighted by atomic mass is 16.2. The molecule has 1 aliphatic heterocycles. The van der Waals surface area contributed by atoms with Crippen LogP contribution in [0.5, 0.6) is 0 Å². The number of carbonyl (C=O) groups excluding carboxylic acids is 1. The summed E-state index contributed by atoms with van der Waals surface area (Å²) in [6, 6.07) is 16.2. The number of amides is 1. The largest absolute Gasteiger partial charge is 0.324 e. The molecule has 0 saturated heterocycles. The minimum atomic E-state index is -0.486. The van der Waals surface area contributed by atoms with Crippen LogP contribution < -0.4 is 11.1 Å². The third-order valence-corrected chi connectivity index (χ3v) is 4.89. The van der Waals surface area contributed by atoms with Crippen molar-refractivity contribution in [3.05, 3.63) is 65.2 Å². The van der Waals surface area contributed by atoms with Gasteiger partial charge in [0, 0.05) is 5.69 Å². The average molecular weight is 322 g/mol. The van der Waals surface area contributed by atoms with E-state index in [1.54, 1.807) is 0 Å². The fourth-order valence-corrected chi connectivity index (χ4v) is 3.30. The van der Waals surface area contributed by atoms with E-state index in [0.29, 0.717) is 0 Å². The third-order valence-electron chi connectivity index (χ3n) is 4.89. The monoisotopic (exact) mass is 322 g/mol. The molecule has 1 heterocycles. The van der Waals surface area contributed by atoms with Crippen molar-refractivity contribution in [2.75, 3.05) is 5.32 Å². The fourth-order valence-electron chi connectivity index (χ4n) is 3.30. The number of hydrogen-bond donors (Lipinski definition) is 2. The number of nitrogens with two attached hydrogens (primary N) is 1. The smallest absolute Gasteiger partial charge is 0.241 e. The summed E-state index contributed by atoms with van der Waals surface area (Å²) in [5.74, 6) is 0.0189. The fraction of sp³-hybridized carbons (Fsp3) is 0.381. The summed E-state index contributed by atoms with van der Waals surface area (Å²) in [5.41, 5.74) is 11.0. The zero-order valence-corrected chi connectivity index (χ0v) is 14.7. The zero-order valence-electron chi connectivity index (χ0n) is 14.7. The molecule has 0 aromatic heterocycles. The molecule has 3 N–H and O–H groups in total. The second kappa shape index (κ2) is 6.40. The lowest BCUT2D eigenvalue weighted by Gasteiger charge is -2.22. The Morgan fingerprint density at radius 1 is 1.08 bits per heavy atom. The van der Waals surface area contributed by atoms with Gasteiger partial charge in [0.05, 0.1) is 6.04 Å². The van der Waals surface area contributed by atoms with Crippen molar-refractivity contribution >= 4 is 11.6 Å². The molecule has 1 aliphatic rings. The van der Waals surface area contributed by atoms with Gasteiger partial charge in [0.2, 0.25) is 5.91 Å². The van der Waals surface area contributed by atoms with Gasteiger partial charge in [0.25, 0.3) is 0 Å². The molecule has 2 aromatic rings. The topological polar surface area (TPSA) is 55.1 Å². The molecule has 24 heavy (non-hydrogen) atoms. The van der Waals surface area contributed by atoms with Crippen molar-refractivity contribution in [1.29, 1.82) is 0 Å². The number of hydrogen-bond acceptors (Lipinski definition) is 2. The summed E-state index contributed by atoms with van der Waals surface area (Å²) in [6.45, 7) is 6.64. The average Bonchev–Trinajstić information content (AvgIpc) is 2.65. The first-order valence-corrected chi connectivity index (χ1v) is 8.58. The molecular formula is C21H26N2O. The van der Waals surface area contributed by atoms with E-state index in [2.05, 4.69) is 56.4 Å². The molecule has 3 heteroatoms. The molecule has 2 aromatic carbocycles. The van der Waals surface area contributed by atoms with Crippen LogP contribution in [0.1, 0.15) is 37.5 Å². The van der Waals surface area contributed by atoms with Gasteiger partial charge in [-0.05, 0) is 46.9 Å². The number of anilines is 1. The van der Waals surface area contributed by atoms with E-state index >= 15 is 0 Å². The van der Waals surface area contributed by atoms with Gasteiger partial charge in [0.15, 0.2) is 0 Å². The van der Waals surface area contributed by atoms with Crippen LogP contribution >= 0.6 is 0 Å². The number of benzene rings is 2. The van der Waals surface area contributed by atoms with E-state index in [-0.39, 0.29) is 17.2 Å². The first-order chi connectivity index (χ1) is 11.3. The van der Waals surface area contributed by atoms with Gasteiger partial charge < -0.3 is 11.1 Å². The highest BCUT2D eigenvalue weighted by Crippen LogP contribution is 2.28. The highest BCUT2D eigenvalue weighted by Gasteiger charge is 2.29. The van der Waals surface area contributed by atoms with Crippen molar-refractivity contribution in [2.24, 2.45) is 11.7 Å². The minimum absolute atomic E-state index is 0.0868. The summed E-state index contributed by atoms with van der Waals surface area (Å²) >= 11 is 0. The molecular weight excluding hydrogens is 296 g/mol. The first kappa shape index (κ1) is 16.7. The molecule has 2 unspecified atom stereocenters. The molecule has 0 fully saturated rings. The Kier molecular flexibility index (Phi) is 4.46. The molecule has 126 valence electrons. The van der Waals surface area contributed by atoms with Crippen LogP contribution in [-0.4, -0.2) is 11.9 Å². The molecule has 0 aliphatic carbocycles. The maximum absolute atomic E-state index is 12.3. The van der Waals surface area contributed by atoms with E-state index in [0.717, 1.165) is 24.1 Å². The van der Waals surface area contributed by atoms with Gasteiger partial charge in [-0.2, -0.15) is 0 Å². The van der Waals surface area contributed by atoms with Gasteiger partial charge >= 0.3 is 0 Å². The standard InChI is InChI=1S/C21H26N2O/c1-21(2,3)17-10-8-14(9-11-17)12-16-13-15-6-4-5-7-18(15)23-20(24)19(16)22/h4-11,16,19H,12-13,22H2,1-3H3,(H,23,24). The summed E-state index contributed by atoms with van der Waals surface area (Å²) in [7, 11) is 0. The van der Waals surface area contributed by atoms with Crippen LogP contribution in [0.15, 0.2) is 48.5 Å². The van der Waals surface area contributed by atoms with E-state index in [4.69, 9.17) is 5.73 Å². The molecule has 1 amide bonds. The zero-order chi connectivity index (χ0) is 17.3. The lowest BCUT2D eigenvalue weighted by Crippen LogP contribution is -2.42. The number of carbonyl (C=O) groups is 1. The van der Waals surface area contributed by atoms with Crippen molar-refractivity contribution in [3.8, 4) is 0 Å². The molecule has 0 spiro atoms. The van der Waals surface area contributed by atoms with Gasteiger partial charge in [-0.3, -0.25) is 4.79 Å². The molecule has 0 radical (unpaired) electrons. The second-order valence-electron chi connectivity index (χ2n) is 7.79. The van der Waals surface area contributed by atoms with Crippen molar-refractivity contribution in [1.82, 2.24) is 0 Å². The van der Waals surface area contributed by atoms with E-state index < -0.39 is 6.04 Å². The number of nitrogens with one attached hydrogen (secondary N) is 1. The number of rotatable bonds is 2. The van der Waals surface area contributed by atoms with Gasteiger partial charge in [-0.25, -0.2) is 0 Å². The van der Waals surface area contributed by atoms with E-state index in [1.165, 1.54) is 11.1 Å². The molecule has 2 atom stereocenters. The Morgan fingerprint density at radius 3 is 2.42 bits per heavy atom. The maximum atomic E-state index is 12.3. The van der Waals surface area contributed by atoms with Crippen molar-refractivity contribution < 1.29 is 4.79 Å². The van der Waals surface area contributed by atoms with Crippen LogP contribution in [0.3, 0.4) is 0 Å². The Balaban J connectivity index is 1.82. The van der Waals surface area contributed by atoms with Crippen LogP contribution in [0.4, 0.5) is 5.69 Å². The Morgan fingerprint density at radius 2 is 1.75 bits per heavy atom. The van der Waals surface area contributed by atoms with Crippen LogP contribution in [0, 0.1) is 5.92 Å².